The number of amides is 1. The van der Waals surface area contributed by atoms with Gasteiger partial charge >= 0.3 is 0 Å². The van der Waals surface area contributed by atoms with Gasteiger partial charge in [0.2, 0.25) is 5.91 Å². The van der Waals surface area contributed by atoms with Gasteiger partial charge < -0.3 is 11.1 Å². The zero-order valence-electron chi connectivity index (χ0n) is 16.5. The normalized spacial score (nSPS) is 18.5. The van der Waals surface area contributed by atoms with Crippen molar-refractivity contribution in [3.05, 3.63) is 66.7 Å². The number of nitrogens with one attached hydrogen (secondary N) is 1. The number of carbonyl (C=O) groups is 1. The Morgan fingerprint density at radius 2 is 2.14 bits per heavy atom. The van der Waals surface area contributed by atoms with E-state index in [9.17, 15) is 4.79 Å². The smallest absolute Gasteiger partial charge is 0.229 e. The van der Waals surface area contributed by atoms with Gasteiger partial charge in [-0.25, -0.2) is 9.97 Å². The topological polar surface area (TPSA) is 93.8 Å². The van der Waals surface area contributed by atoms with E-state index >= 15 is 0 Å². The predicted molar refractivity (Wildman–Crippen MR) is 116 cm³/mol. The molecule has 1 aliphatic carbocycles. The summed E-state index contributed by atoms with van der Waals surface area (Å²) in [4.78, 5) is 25.6. The highest BCUT2D eigenvalue weighted by atomic mass is 16.2. The Labute approximate surface area is 169 Å². The second kappa shape index (κ2) is 7.47. The van der Waals surface area contributed by atoms with Crippen molar-refractivity contribution in [1.82, 2.24) is 15.0 Å². The summed E-state index contributed by atoms with van der Waals surface area (Å²) in [7, 11) is 0. The molecule has 6 nitrogen and oxygen atoms in total. The first kappa shape index (κ1) is 18.8. The molecule has 3 aromatic rings. The van der Waals surface area contributed by atoms with Crippen LogP contribution in [0.25, 0.3) is 22.0 Å². The van der Waals surface area contributed by atoms with Gasteiger partial charge in [0.05, 0.1) is 5.69 Å². The first-order chi connectivity index (χ1) is 14.0. The van der Waals surface area contributed by atoms with E-state index in [0.717, 1.165) is 39.6 Å². The predicted octanol–water partition coefficient (Wildman–Crippen LogP) is 4.29. The largest absolute Gasteiger partial charge is 0.383 e. The first-order valence-electron chi connectivity index (χ1n) is 9.58. The summed E-state index contributed by atoms with van der Waals surface area (Å²) >= 11 is 0. The van der Waals surface area contributed by atoms with Crippen molar-refractivity contribution in [2.45, 2.75) is 20.3 Å². The number of allylic oxidation sites excluding steroid dienone is 3. The van der Waals surface area contributed by atoms with E-state index in [1.165, 1.54) is 0 Å². The lowest BCUT2D eigenvalue weighted by atomic mass is 10.1. The highest BCUT2D eigenvalue weighted by molar-refractivity contribution is 5.98. The van der Waals surface area contributed by atoms with Gasteiger partial charge in [-0.15, -0.1) is 0 Å². The maximum atomic E-state index is 12.6. The van der Waals surface area contributed by atoms with Gasteiger partial charge in [-0.3, -0.25) is 9.78 Å². The van der Waals surface area contributed by atoms with Gasteiger partial charge in [-0.2, -0.15) is 0 Å². The van der Waals surface area contributed by atoms with Gasteiger partial charge in [-0.05, 0) is 60.9 Å². The van der Waals surface area contributed by atoms with Crippen molar-refractivity contribution in [2.75, 3.05) is 11.1 Å². The number of nitrogen functional groups attached to an aromatic ring is 1. The molecule has 2 atom stereocenters. The lowest BCUT2D eigenvalue weighted by Crippen LogP contribution is -2.16. The van der Waals surface area contributed by atoms with Crippen LogP contribution in [0, 0.1) is 18.8 Å². The van der Waals surface area contributed by atoms with Crippen LogP contribution in [0.2, 0.25) is 0 Å². The van der Waals surface area contributed by atoms with Crippen LogP contribution in [-0.2, 0) is 4.79 Å². The Balaban J connectivity index is 1.61. The number of anilines is 2. The standard InChI is InChI=1S/C23H23N5O/c1-4-14(5-2)16-10-17(16)23(29)28-21-9-15-8-20(18-11-25-7-6-13(18)3)27-22(24)19(15)12-26-21/h4-9,11-12,16-17H,1,10H2,2-3H3,(H2,24,27)(H,26,28,29)/b14-5+/t16-,17+/m0/s1. The second-order valence-corrected chi connectivity index (χ2v) is 7.30. The van der Waals surface area contributed by atoms with Crippen LogP contribution in [0.15, 0.2) is 61.1 Å². The molecule has 29 heavy (non-hydrogen) atoms. The Hall–Kier alpha value is -3.54. The van der Waals surface area contributed by atoms with E-state index in [4.69, 9.17) is 5.73 Å². The second-order valence-electron chi connectivity index (χ2n) is 7.30. The van der Waals surface area contributed by atoms with Crippen molar-refractivity contribution in [3.8, 4) is 11.3 Å². The number of aromatic nitrogens is 3. The quantitative estimate of drug-likeness (QED) is 0.639. The van der Waals surface area contributed by atoms with Crippen molar-refractivity contribution in [2.24, 2.45) is 11.8 Å². The Bertz CT molecular complexity index is 1150. The van der Waals surface area contributed by atoms with Crippen LogP contribution in [0.5, 0.6) is 0 Å². The molecule has 6 heteroatoms. The molecule has 3 N–H and O–H groups in total. The molecule has 3 heterocycles. The molecule has 1 amide bonds. The molecular weight excluding hydrogens is 362 g/mol. The van der Waals surface area contributed by atoms with Gasteiger partial charge in [0.25, 0.3) is 0 Å². The number of pyridine rings is 3. The van der Waals surface area contributed by atoms with Gasteiger partial charge in [0.1, 0.15) is 11.6 Å². The van der Waals surface area contributed by atoms with E-state index in [1.54, 1.807) is 18.6 Å². The Morgan fingerprint density at radius 3 is 2.86 bits per heavy atom. The van der Waals surface area contributed by atoms with Crippen molar-refractivity contribution in [3.63, 3.8) is 0 Å². The lowest BCUT2D eigenvalue weighted by molar-refractivity contribution is -0.117. The molecule has 1 fully saturated rings. The number of aryl methyl sites for hydroxylation is 1. The lowest BCUT2D eigenvalue weighted by Gasteiger charge is -2.10. The summed E-state index contributed by atoms with van der Waals surface area (Å²) in [6.07, 6.45) is 9.85. The fourth-order valence-corrected chi connectivity index (χ4v) is 3.67. The third-order valence-electron chi connectivity index (χ3n) is 5.44. The molecule has 0 spiro atoms. The van der Waals surface area contributed by atoms with E-state index in [-0.39, 0.29) is 17.7 Å². The maximum Gasteiger partial charge on any atom is 0.229 e. The molecule has 0 unspecified atom stereocenters. The highest BCUT2D eigenvalue weighted by Gasteiger charge is 2.44. The van der Waals surface area contributed by atoms with Crippen molar-refractivity contribution in [1.29, 1.82) is 0 Å². The van der Waals surface area contributed by atoms with Crippen LogP contribution < -0.4 is 11.1 Å². The third kappa shape index (κ3) is 3.61. The summed E-state index contributed by atoms with van der Waals surface area (Å²) in [6.45, 7) is 7.79. The monoisotopic (exact) mass is 385 g/mol. The summed E-state index contributed by atoms with van der Waals surface area (Å²) in [6, 6.07) is 5.72. The number of carbonyl (C=O) groups excluding carboxylic acids is 1. The van der Waals surface area contributed by atoms with Crippen LogP contribution in [0.3, 0.4) is 0 Å². The minimum atomic E-state index is -0.0344. The molecule has 4 rings (SSSR count). The summed E-state index contributed by atoms with van der Waals surface area (Å²) in [5.74, 6) is 1.10. The fourth-order valence-electron chi connectivity index (χ4n) is 3.67. The molecule has 0 saturated heterocycles. The molecule has 0 aromatic carbocycles. The number of nitrogens with two attached hydrogens (primary N) is 1. The van der Waals surface area contributed by atoms with Gasteiger partial charge in [-0.1, -0.05) is 18.7 Å². The van der Waals surface area contributed by atoms with Crippen molar-refractivity contribution < 1.29 is 4.79 Å². The Kier molecular flexibility index (Phi) is 4.84. The molecule has 1 saturated carbocycles. The van der Waals surface area contributed by atoms with Crippen LogP contribution in [0.1, 0.15) is 18.9 Å². The Morgan fingerprint density at radius 1 is 1.31 bits per heavy atom. The molecule has 0 bridgehead atoms. The molecular formula is C23H23N5O. The number of hydrogen-bond donors (Lipinski definition) is 2. The number of rotatable bonds is 5. The van der Waals surface area contributed by atoms with Gasteiger partial charge in [0.15, 0.2) is 0 Å². The maximum absolute atomic E-state index is 12.6. The first-order valence-corrected chi connectivity index (χ1v) is 9.58. The van der Waals surface area contributed by atoms with E-state index in [0.29, 0.717) is 11.6 Å². The minimum Gasteiger partial charge on any atom is -0.383 e. The summed E-state index contributed by atoms with van der Waals surface area (Å²) < 4.78 is 0. The van der Waals surface area contributed by atoms with E-state index in [2.05, 4.69) is 26.8 Å². The van der Waals surface area contributed by atoms with E-state index in [1.807, 2.05) is 44.2 Å². The number of nitrogens with zero attached hydrogens (tertiary/aromatic N) is 3. The molecule has 0 aliphatic heterocycles. The minimum absolute atomic E-state index is 0.0200. The van der Waals surface area contributed by atoms with E-state index < -0.39 is 0 Å². The van der Waals surface area contributed by atoms with Gasteiger partial charge in [0, 0.05) is 35.5 Å². The average Bonchev–Trinajstić information content (AvgIpc) is 3.50. The molecule has 0 radical (unpaired) electrons. The SMILES string of the molecule is C=C/C(=C\C)[C@@H]1C[C@H]1C(=O)Nc1cc2cc(-c3cnccc3C)nc(N)c2cn1. The molecule has 1 aliphatic rings. The zero-order chi connectivity index (χ0) is 20.5. The number of hydrogen-bond acceptors (Lipinski definition) is 5. The average molecular weight is 385 g/mol. The van der Waals surface area contributed by atoms with Crippen LogP contribution >= 0.6 is 0 Å². The molecule has 3 aromatic heterocycles. The molecule has 146 valence electrons. The van der Waals surface area contributed by atoms with Crippen LogP contribution in [0.4, 0.5) is 11.6 Å². The number of fused-ring (bicyclic) bond motifs is 1. The summed E-state index contributed by atoms with van der Waals surface area (Å²) in [5.41, 5.74) is 10.0. The highest BCUT2D eigenvalue weighted by Crippen LogP contribution is 2.45. The van der Waals surface area contributed by atoms with Crippen molar-refractivity contribution >= 4 is 28.3 Å². The zero-order valence-corrected chi connectivity index (χ0v) is 16.5. The van der Waals surface area contributed by atoms with Crippen LogP contribution in [-0.4, -0.2) is 20.9 Å². The fraction of sp³-hybridized carbons (Fsp3) is 0.217. The third-order valence-corrected chi connectivity index (χ3v) is 5.44. The summed E-state index contributed by atoms with van der Waals surface area (Å²) in [5, 5.41) is 4.55.